The predicted molar refractivity (Wildman–Crippen MR) is 59.6 cm³/mol. The van der Waals surface area contributed by atoms with Crippen molar-refractivity contribution < 1.29 is 4.79 Å². The fourth-order valence-electron chi connectivity index (χ4n) is 1.85. The van der Waals surface area contributed by atoms with Gasteiger partial charge in [-0.2, -0.15) is 4.99 Å². The maximum Gasteiger partial charge on any atom is 0.235 e. The lowest BCUT2D eigenvalue weighted by Gasteiger charge is -2.10. The van der Waals surface area contributed by atoms with Gasteiger partial charge in [-0.1, -0.05) is 38.1 Å². The van der Waals surface area contributed by atoms with E-state index in [1.807, 2.05) is 0 Å². The Morgan fingerprint density at radius 2 is 1.87 bits per heavy atom. The second kappa shape index (κ2) is 3.63. The van der Waals surface area contributed by atoms with E-state index >= 15 is 0 Å². The lowest BCUT2D eigenvalue weighted by molar-refractivity contribution is 0.556. The first-order valence-corrected chi connectivity index (χ1v) is 5.37. The Kier molecular flexibility index (Phi) is 2.45. The molecule has 0 aromatic heterocycles. The second-order valence-corrected chi connectivity index (χ2v) is 4.51. The van der Waals surface area contributed by atoms with Gasteiger partial charge in [0.15, 0.2) is 0 Å². The molecule has 0 amide bonds. The van der Waals surface area contributed by atoms with Crippen LogP contribution in [-0.4, -0.2) is 6.08 Å². The molecule has 0 aliphatic heterocycles. The molecule has 0 radical (unpaired) electrons. The van der Waals surface area contributed by atoms with Crippen molar-refractivity contribution in [1.82, 2.24) is 0 Å². The molecule has 15 heavy (non-hydrogen) atoms. The summed E-state index contributed by atoms with van der Waals surface area (Å²) >= 11 is 0. The van der Waals surface area contributed by atoms with Crippen LogP contribution in [0.2, 0.25) is 0 Å². The summed E-state index contributed by atoms with van der Waals surface area (Å²) in [5.74, 6) is 0.545. The van der Waals surface area contributed by atoms with Crippen LogP contribution in [-0.2, 0) is 10.3 Å². The Bertz CT molecular complexity index is 395. The molecule has 2 rings (SSSR count). The lowest BCUT2D eigenvalue weighted by Crippen LogP contribution is -2.02. The van der Waals surface area contributed by atoms with E-state index < -0.39 is 0 Å². The van der Waals surface area contributed by atoms with Crippen LogP contribution in [0, 0.1) is 0 Å². The number of isocyanates is 1. The van der Waals surface area contributed by atoms with Crippen LogP contribution in [0.1, 0.15) is 43.7 Å². The van der Waals surface area contributed by atoms with Crippen molar-refractivity contribution in [1.29, 1.82) is 0 Å². The summed E-state index contributed by atoms with van der Waals surface area (Å²) in [6.07, 6.45) is 3.63. The molecule has 1 aliphatic rings. The van der Waals surface area contributed by atoms with Crippen LogP contribution in [0.25, 0.3) is 0 Å². The molecule has 2 heteroatoms. The number of hydrogen-bond acceptors (Lipinski definition) is 2. The van der Waals surface area contributed by atoms with Crippen LogP contribution in [0.3, 0.4) is 0 Å². The number of rotatable bonds is 3. The van der Waals surface area contributed by atoms with Gasteiger partial charge >= 0.3 is 0 Å². The molecular weight excluding hydrogens is 186 g/mol. The molecule has 0 saturated heterocycles. The summed E-state index contributed by atoms with van der Waals surface area (Å²) in [6.45, 7) is 4.34. The Labute approximate surface area is 90.0 Å². The molecular formula is C13H15NO. The van der Waals surface area contributed by atoms with E-state index in [9.17, 15) is 4.79 Å². The molecule has 0 unspecified atom stereocenters. The number of nitrogens with zero attached hydrogens (tertiary/aromatic N) is 1. The fourth-order valence-corrected chi connectivity index (χ4v) is 1.85. The number of aliphatic imine (C=N–C) groups is 1. The molecule has 1 fully saturated rings. The Morgan fingerprint density at radius 3 is 2.27 bits per heavy atom. The van der Waals surface area contributed by atoms with Crippen LogP contribution < -0.4 is 0 Å². The topological polar surface area (TPSA) is 29.4 Å². The van der Waals surface area contributed by atoms with Crippen LogP contribution in [0.5, 0.6) is 0 Å². The van der Waals surface area contributed by atoms with E-state index in [-0.39, 0.29) is 5.54 Å². The van der Waals surface area contributed by atoms with Crippen molar-refractivity contribution in [3.05, 3.63) is 35.4 Å². The molecule has 0 heterocycles. The van der Waals surface area contributed by atoms with E-state index in [0.29, 0.717) is 5.92 Å². The lowest BCUT2D eigenvalue weighted by atomic mass is 9.98. The third-order valence-corrected chi connectivity index (χ3v) is 3.10. The normalized spacial score (nSPS) is 17.3. The van der Waals surface area contributed by atoms with Crippen LogP contribution >= 0.6 is 0 Å². The molecule has 0 bridgehead atoms. The first-order valence-electron chi connectivity index (χ1n) is 5.37. The third-order valence-electron chi connectivity index (χ3n) is 3.10. The van der Waals surface area contributed by atoms with Gasteiger partial charge < -0.3 is 0 Å². The molecule has 1 aromatic carbocycles. The van der Waals surface area contributed by atoms with E-state index in [1.54, 1.807) is 6.08 Å². The van der Waals surface area contributed by atoms with Gasteiger partial charge in [0.25, 0.3) is 0 Å². The molecule has 1 aromatic rings. The monoisotopic (exact) mass is 201 g/mol. The molecule has 2 nitrogen and oxygen atoms in total. The molecule has 1 saturated carbocycles. The third kappa shape index (κ3) is 1.86. The van der Waals surface area contributed by atoms with E-state index in [2.05, 4.69) is 43.1 Å². The van der Waals surface area contributed by atoms with Gasteiger partial charge in [0.1, 0.15) is 0 Å². The number of hydrogen-bond donors (Lipinski definition) is 0. The second-order valence-electron chi connectivity index (χ2n) is 4.51. The summed E-state index contributed by atoms with van der Waals surface area (Å²) in [6, 6.07) is 8.42. The predicted octanol–water partition coefficient (Wildman–Crippen LogP) is 3.13. The van der Waals surface area contributed by atoms with Gasteiger partial charge in [-0.15, -0.1) is 0 Å². The minimum absolute atomic E-state index is 0.225. The Balaban J connectivity index is 2.28. The van der Waals surface area contributed by atoms with Gasteiger partial charge in [-0.25, -0.2) is 4.79 Å². The average Bonchev–Trinajstić information content (AvgIpc) is 3.00. The van der Waals surface area contributed by atoms with E-state index in [1.165, 1.54) is 5.56 Å². The summed E-state index contributed by atoms with van der Waals surface area (Å²) in [5.41, 5.74) is 2.25. The molecule has 0 spiro atoms. The van der Waals surface area contributed by atoms with Crippen molar-refractivity contribution in [2.45, 2.75) is 38.1 Å². The Hall–Kier alpha value is -1.40. The zero-order chi connectivity index (χ0) is 10.9. The summed E-state index contributed by atoms with van der Waals surface area (Å²) in [4.78, 5) is 14.2. The summed E-state index contributed by atoms with van der Waals surface area (Å²) < 4.78 is 0. The standard InChI is InChI=1S/C13H15NO/c1-10(2)11-3-5-12(6-4-11)13(7-8-13)14-9-15/h3-6,10H,7-8H2,1-2H3. The highest BCUT2D eigenvalue weighted by Gasteiger charge is 2.44. The van der Waals surface area contributed by atoms with E-state index in [4.69, 9.17) is 0 Å². The quantitative estimate of drug-likeness (QED) is 0.545. The maximum absolute atomic E-state index is 10.3. The molecule has 0 N–H and O–H groups in total. The zero-order valence-corrected chi connectivity index (χ0v) is 9.16. The van der Waals surface area contributed by atoms with Gasteiger partial charge in [0.2, 0.25) is 6.08 Å². The van der Waals surface area contributed by atoms with Gasteiger partial charge in [-0.3, -0.25) is 0 Å². The van der Waals surface area contributed by atoms with Crippen LogP contribution in [0.15, 0.2) is 29.3 Å². The molecule has 1 aliphatic carbocycles. The first kappa shape index (κ1) is 10.1. The van der Waals surface area contributed by atoms with Gasteiger partial charge in [0.05, 0.1) is 5.54 Å². The van der Waals surface area contributed by atoms with Crippen molar-refractivity contribution >= 4 is 6.08 Å². The fraction of sp³-hybridized carbons (Fsp3) is 0.462. The first-order chi connectivity index (χ1) is 7.18. The summed E-state index contributed by atoms with van der Waals surface area (Å²) in [5, 5.41) is 0. The van der Waals surface area contributed by atoms with Gasteiger partial charge in [-0.05, 0) is 29.9 Å². The highest BCUT2D eigenvalue weighted by molar-refractivity contribution is 5.42. The van der Waals surface area contributed by atoms with Crippen molar-refractivity contribution in [2.24, 2.45) is 4.99 Å². The Morgan fingerprint density at radius 1 is 1.27 bits per heavy atom. The zero-order valence-electron chi connectivity index (χ0n) is 9.16. The minimum atomic E-state index is -0.225. The molecule has 78 valence electrons. The van der Waals surface area contributed by atoms with Gasteiger partial charge in [0, 0.05) is 0 Å². The molecule has 0 atom stereocenters. The van der Waals surface area contributed by atoms with Crippen molar-refractivity contribution in [2.75, 3.05) is 0 Å². The smallest absolute Gasteiger partial charge is 0.211 e. The minimum Gasteiger partial charge on any atom is -0.211 e. The largest absolute Gasteiger partial charge is 0.235 e. The number of benzene rings is 1. The van der Waals surface area contributed by atoms with E-state index in [0.717, 1.165) is 18.4 Å². The number of carbonyl (C=O) groups excluding carboxylic acids is 1. The van der Waals surface area contributed by atoms with Crippen LogP contribution in [0.4, 0.5) is 0 Å². The SMILES string of the molecule is CC(C)c1ccc(C2(N=C=O)CC2)cc1. The highest BCUT2D eigenvalue weighted by atomic mass is 16.1. The highest BCUT2D eigenvalue weighted by Crippen LogP contribution is 2.49. The average molecular weight is 201 g/mol. The van der Waals surface area contributed by atoms with Crippen molar-refractivity contribution in [3.63, 3.8) is 0 Å². The van der Waals surface area contributed by atoms with Crippen molar-refractivity contribution in [3.8, 4) is 0 Å². The maximum atomic E-state index is 10.3. The summed E-state index contributed by atoms with van der Waals surface area (Å²) in [7, 11) is 0.